The van der Waals surface area contributed by atoms with Crippen LogP contribution in [0.1, 0.15) is 34.0 Å². The summed E-state index contributed by atoms with van der Waals surface area (Å²) in [7, 11) is 0. The van der Waals surface area contributed by atoms with Gasteiger partial charge in [0, 0.05) is 35.6 Å². The molecule has 1 atom stereocenters. The van der Waals surface area contributed by atoms with Crippen molar-refractivity contribution >= 4 is 22.9 Å². The first-order valence-corrected chi connectivity index (χ1v) is 11.2. The van der Waals surface area contributed by atoms with Crippen LogP contribution in [0.3, 0.4) is 0 Å². The van der Waals surface area contributed by atoms with E-state index in [2.05, 4.69) is 47.4 Å². The van der Waals surface area contributed by atoms with Crippen molar-refractivity contribution in [2.24, 2.45) is 0 Å². The molecule has 2 aliphatic rings. The van der Waals surface area contributed by atoms with Gasteiger partial charge in [-0.2, -0.15) is 0 Å². The normalized spacial score (nSPS) is 17.4. The van der Waals surface area contributed by atoms with Gasteiger partial charge >= 0.3 is 0 Å². The largest absolute Gasteiger partial charge is 0.493 e. The fourth-order valence-electron chi connectivity index (χ4n) is 5.03. The van der Waals surface area contributed by atoms with Crippen LogP contribution in [-0.2, 0) is 17.6 Å². The number of benzene rings is 3. The van der Waals surface area contributed by atoms with E-state index in [1.807, 2.05) is 41.3 Å². The minimum absolute atomic E-state index is 0.0277. The van der Waals surface area contributed by atoms with Crippen LogP contribution in [-0.4, -0.2) is 28.9 Å². The Labute approximate surface area is 187 Å². The number of aromatic amines is 1. The number of hydrogen-bond acceptors (Lipinski definition) is 2. The Hall–Kier alpha value is -3.79. The van der Waals surface area contributed by atoms with Crippen LogP contribution in [0.5, 0.6) is 5.75 Å². The number of carbonyl (C=O) groups excluding carboxylic acids is 1. The number of H-pyrrole nitrogens is 1. The molecule has 158 valence electrons. The highest BCUT2D eigenvalue weighted by molar-refractivity contribution is 5.93. The van der Waals surface area contributed by atoms with Crippen molar-refractivity contribution < 1.29 is 9.53 Å². The number of nitrogens with zero attached hydrogens (tertiary/aromatic N) is 1. The van der Waals surface area contributed by atoms with Gasteiger partial charge in [0.1, 0.15) is 5.75 Å². The van der Waals surface area contributed by atoms with E-state index in [0.29, 0.717) is 6.54 Å². The smallest absolute Gasteiger partial charge is 0.247 e. The number of fused-ring (bicyclic) bond motifs is 4. The van der Waals surface area contributed by atoms with Gasteiger partial charge in [-0.25, -0.2) is 0 Å². The molecule has 0 aliphatic carbocycles. The van der Waals surface area contributed by atoms with Crippen molar-refractivity contribution in [2.75, 3.05) is 13.2 Å². The van der Waals surface area contributed by atoms with E-state index < -0.39 is 0 Å². The summed E-state index contributed by atoms with van der Waals surface area (Å²) in [6.45, 7) is 1.41. The van der Waals surface area contributed by atoms with Gasteiger partial charge in [-0.15, -0.1) is 0 Å². The zero-order valence-corrected chi connectivity index (χ0v) is 17.8. The van der Waals surface area contributed by atoms with Crippen LogP contribution in [0.25, 0.3) is 17.0 Å². The van der Waals surface area contributed by atoms with Crippen molar-refractivity contribution in [1.82, 2.24) is 9.88 Å². The molecule has 1 amide bonds. The SMILES string of the molecule is O=C(C=Cc1ccccc1)N1CCc2c([nH]c3ccccc23)[C@@H]1c1ccc2c(c1)CCO2. The first kappa shape index (κ1) is 18.9. The lowest BCUT2D eigenvalue weighted by molar-refractivity contribution is -0.128. The molecule has 0 spiro atoms. The summed E-state index contributed by atoms with van der Waals surface area (Å²) < 4.78 is 5.72. The van der Waals surface area contributed by atoms with Gasteiger partial charge in [0.2, 0.25) is 5.91 Å². The molecule has 3 aromatic carbocycles. The van der Waals surface area contributed by atoms with E-state index in [1.54, 1.807) is 6.08 Å². The first-order valence-electron chi connectivity index (χ1n) is 11.2. The van der Waals surface area contributed by atoms with E-state index in [4.69, 9.17) is 4.74 Å². The maximum Gasteiger partial charge on any atom is 0.247 e. The topological polar surface area (TPSA) is 45.3 Å². The molecule has 6 rings (SSSR count). The van der Waals surface area contributed by atoms with E-state index in [1.165, 1.54) is 16.5 Å². The van der Waals surface area contributed by atoms with Gasteiger partial charge in [-0.3, -0.25) is 4.79 Å². The highest BCUT2D eigenvalue weighted by atomic mass is 16.5. The summed E-state index contributed by atoms with van der Waals surface area (Å²) in [6, 6.07) is 24.6. The van der Waals surface area contributed by atoms with Crippen LogP contribution in [0.15, 0.2) is 78.9 Å². The van der Waals surface area contributed by atoms with Crippen molar-refractivity contribution in [1.29, 1.82) is 0 Å². The zero-order chi connectivity index (χ0) is 21.5. The van der Waals surface area contributed by atoms with Crippen LogP contribution >= 0.6 is 0 Å². The minimum Gasteiger partial charge on any atom is -0.493 e. The monoisotopic (exact) mass is 420 g/mol. The van der Waals surface area contributed by atoms with Crippen molar-refractivity contribution in [2.45, 2.75) is 18.9 Å². The lowest BCUT2D eigenvalue weighted by atomic mass is 9.91. The summed E-state index contributed by atoms with van der Waals surface area (Å²) in [5, 5.41) is 1.25. The molecule has 1 N–H and O–H groups in total. The number of amides is 1. The van der Waals surface area contributed by atoms with E-state index in [-0.39, 0.29) is 11.9 Å². The Bertz CT molecular complexity index is 1340. The molecule has 0 unspecified atom stereocenters. The molecule has 4 heteroatoms. The number of carbonyl (C=O) groups is 1. The number of rotatable bonds is 3. The van der Waals surface area contributed by atoms with E-state index >= 15 is 0 Å². The van der Waals surface area contributed by atoms with Gasteiger partial charge < -0.3 is 14.6 Å². The second-order valence-electron chi connectivity index (χ2n) is 8.46. The lowest BCUT2D eigenvalue weighted by Gasteiger charge is -2.36. The number of hydrogen-bond donors (Lipinski definition) is 1. The maximum atomic E-state index is 13.4. The number of nitrogens with one attached hydrogen (secondary N) is 1. The Morgan fingerprint density at radius 2 is 1.84 bits per heavy atom. The molecule has 0 radical (unpaired) electrons. The average molecular weight is 421 g/mol. The Kier molecular flexibility index (Phi) is 4.57. The first-order chi connectivity index (χ1) is 15.8. The van der Waals surface area contributed by atoms with Gasteiger partial charge in [0.25, 0.3) is 0 Å². The highest BCUT2D eigenvalue weighted by Gasteiger charge is 2.34. The standard InChI is InChI=1S/C28H24N2O2/c31-26(13-10-19-6-2-1-3-7-19)30-16-14-23-22-8-4-5-9-24(22)29-27(23)28(30)21-11-12-25-20(18-21)15-17-32-25/h1-13,18,28-29H,14-17H2/t28-/m0/s1. The highest BCUT2D eigenvalue weighted by Crippen LogP contribution is 2.40. The van der Waals surface area contributed by atoms with Crippen LogP contribution in [0.4, 0.5) is 0 Å². The molecule has 4 aromatic rings. The number of aromatic nitrogens is 1. The van der Waals surface area contributed by atoms with Gasteiger partial charge in [-0.1, -0.05) is 54.6 Å². The summed E-state index contributed by atoms with van der Waals surface area (Å²) >= 11 is 0. The minimum atomic E-state index is -0.148. The Morgan fingerprint density at radius 1 is 1.00 bits per heavy atom. The molecular formula is C28H24N2O2. The molecule has 4 nitrogen and oxygen atoms in total. The third-order valence-electron chi connectivity index (χ3n) is 6.56. The van der Waals surface area contributed by atoms with Gasteiger partial charge in [0.15, 0.2) is 0 Å². The molecule has 0 bridgehead atoms. The fraction of sp³-hybridized carbons (Fsp3) is 0.179. The average Bonchev–Trinajstić information content (AvgIpc) is 3.46. The molecule has 0 fully saturated rings. The molecular weight excluding hydrogens is 396 g/mol. The van der Waals surface area contributed by atoms with Gasteiger partial charge in [-0.05, 0) is 52.9 Å². The van der Waals surface area contributed by atoms with Crippen molar-refractivity contribution in [3.05, 3.63) is 107 Å². The molecule has 32 heavy (non-hydrogen) atoms. The van der Waals surface area contributed by atoms with Gasteiger partial charge in [0.05, 0.1) is 12.6 Å². The Balaban J connectivity index is 1.44. The zero-order valence-electron chi connectivity index (χ0n) is 17.8. The predicted octanol–water partition coefficient (Wildman–Crippen LogP) is 5.29. The molecule has 2 aliphatic heterocycles. The Morgan fingerprint density at radius 3 is 2.75 bits per heavy atom. The van der Waals surface area contributed by atoms with Crippen molar-refractivity contribution in [3.8, 4) is 5.75 Å². The predicted molar refractivity (Wildman–Crippen MR) is 127 cm³/mol. The van der Waals surface area contributed by atoms with Crippen LogP contribution in [0, 0.1) is 0 Å². The summed E-state index contributed by atoms with van der Waals surface area (Å²) in [4.78, 5) is 19.1. The summed E-state index contributed by atoms with van der Waals surface area (Å²) in [6.07, 6.45) is 5.36. The molecule has 0 saturated heterocycles. The van der Waals surface area contributed by atoms with E-state index in [0.717, 1.165) is 47.5 Å². The lowest BCUT2D eigenvalue weighted by Crippen LogP contribution is -2.39. The summed E-state index contributed by atoms with van der Waals surface area (Å²) in [5.74, 6) is 0.989. The molecule has 1 aromatic heterocycles. The quantitative estimate of drug-likeness (QED) is 0.458. The van der Waals surface area contributed by atoms with Crippen LogP contribution in [0.2, 0.25) is 0 Å². The van der Waals surface area contributed by atoms with E-state index in [9.17, 15) is 4.79 Å². The second kappa shape index (κ2) is 7.72. The molecule has 3 heterocycles. The fourth-order valence-corrected chi connectivity index (χ4v) is 5.03. The molecule has 0 saturated carbocycles. The summed E-state index contributed by atoms with van der Waals surface area (Å²) in [5.41, 5.74) is 6.94. The maximum absolute atomic E-state index is 13.4. The third-order valence-corrected chi connectivity index (χ3v) is 6.56. The third kappa shape index (κ3) is 3.19. The number of ether oxygens (including phenoxy) is 1. The van der Waals surface area contributed by atoms with Crippen LogP contribution < -0.4 is 4.74 Å². The van der Waals surface area contributed by atoms with Crippen molar-refractivity contribution in [3.63, 3.8) is 0 Å². The second-order valence-corrected chi connectivity index (χ2v) is 8.46. The number of para-hydroxylation sites is 1.